The predicted molar refractivity (Wildman–Crippen MR) is 146 cm³/mol. The molecule has 4 rings (SSSR count). The van der Waals surface area contributed by atoms with E-state index in [0.717, 1.165) is 23.2 Å². The number of anilines is 1. The topological polar surface area (TPSA) is 87.1 Å². The van der Waals surface area contributed by atoms with Crippen molar-refractivity contribution >= 4 is 35.2 Å². The van der Waals surface area contributed by atoms with Crippen molar-refractivity contribution in [1.82, 2.24) is 4.90 Å². The summed E-state index contributed by atoms with van der Waals surface area (Å²) in [5.41, 5.74) is 2.78. The van der Waals surface area contributed by atoms with Crippen molar-refractivity contribution in [2.24, 2.45) is 11.8 Å². The highest BCUT2D eigenvalue weighted by atomic mass is 32.2. The molecule has 3 aliphatic rings. The zero-order chi connectivity index (χ0) is 27.0. The van der Waals surface area contributed by atoms with E-state index >= 15 is 0 Å². The standard InChI is InChI=1S/C29H38N2O5S/c1-6-8-17-36-27(35)23-22-25(33)31(15-9-16-32)24(29(22)13-12-28(23,5)37-29)26(34)30(14-7-2)21-18-19(3)10-11-20(21)4/h6-7,10-11,18,22-24,32H,1-2,8-9,12-17H2,3-5H3/t22-,23-,24?,28+,29?/m0/s1. The van der Waals surface area contributed by atoms with Crippen molar-refractivity contribution < 1.29 is 24.2 Å². The number of nitrogens with zero attached hydrogens (tertiary/aromatic N) is 2. The first kappa shape index (κ1) is 27.5. The number of ether oxygens (including phenoxy) is 1. The van der Waals surface area contributed by atoms with Crippen LogP contribution in [0, 0.1) is 25.7 Å². The van der Waals surface area contributed by atoms with E-state index in [1.165, 1.54) is 0 Å². The third kappa shape index (κ3) is 4.52. The minimum absolute atomic E-state index is 0.0897. The number of rotatable bonds is 11. The van der Waals surface area contributed by atoms with Gasteiger partial charge in [-0.3, -0.25) is 14.4 Å². The number of carbonyl (C=O) groups excluding carboxylic acids is 3. The lowest BCUT2D eigenvalue weighted by Crippen LogP contribution is -2.55. The number of aryl methyl sites for hydroxylation is 2. The maximum absolute atomic E-state index is 14.5. The van der Waals surface area contributed by atoms with E-state index in [9.17, 15) is 19.5 Å². The van der Waals surface area contributed by atoms with Gasteiger partial charge < -0.3 is 19.6 Å². The van der Waals surface area contributed by atoms with Crippen LogP contribution in [0.1, 0.15) is 43.7 Å². The number of benzene rings is 1. The van der Waals surface area contributed by atoms with Crippen LogP contribution < -0.4 is 4.90 Å². The molecule has 2 amide bonds. The maximum Gasteiger partial charge on any atom is 0.311 e. The van der Waals surface area contributed by atoms with Crippen LogP contribution >= 0.6 is 11.8 Å². The summed E-state index contributed by atoms with van der Waals surface area (Å²) in [4.78, 5) is 45.3. The van der Waals surface area contributed by atoms with Crippen molar-refractivity contribution in [2.75, 3.05) is 31.2 Å². The molecule has 0 aromatic heterocycles. The summed E-state index contributed by atoms with van der Waals surface area (Å²) in [6.45, 7) is 14.2. The number of aliphatic hydroxyl groups excluding tert-OH is 1. The summed E-state index contributed by atoms with van der Waals surface area (Å²) in [6.07, 6.45) is 5.69. The molecule has 8 heteroatoms. The number of hydrogen-bond donors (Lipinski definition) is 1. The Labute approximate surface area is 223 Å². The molecule has 3 fully saturated rings. The highest BCUT2D eigenvalue weighted by molar-refractivity contribution is 8.02. The van der Waals surface area contributed by atoms with Crippen molar-refractivity contribution in [2.45, 2.75) is 62.0 Å². The van der Waals surface area contributed by atoms with Gasteiger partial charge in [0.25, 0.3) is 5.91 Å². The SMILES string of the molecule is C=CCCOC(=O)[C@@H]1[C@H]2C(=O)N(CCCO)C(C(=O)N(CC=C)c3cc(C)ccc3C)C23CC[C@@]1(C)S3. The number of carbonyl (C=O) groups is 3. The van der Waals surface area contributed by atoms with Gasteiger partial charge in [-0.1, -0.05) is 24.3 Å². The summed E-state index contributed by atoms with van der Waals surface area (Å²) < 4.78 is 4.39. The van der Waals surface area contributed by atoms with E-state index in [1.54, 1.807) is 33.7 Å². The Balaban J connectivity index is 1.77. The van der Waals surface area contributed by atoms with Crippen LogP contribution in [0.2, 0.25) is 0 Å². The number of fused-ring (bicyclic) bond motifs is 1. The first-order valence-corrected chi connectivity index (χ1v) is 13.9. The molecule has 3 heterocycles. The number of esters is 1. The second kappa shape index (κ2) is 10.7. The third-order valence-corrected chi connectivity index (χ3v) is 10.1. The van der Waals surface area contributed by atoms with E-state index in [1.807, 2.05) is 39.0 Å². The van der Waals surface area contributed by atoms with E-state index in [4.69, 9.17) is 4.74 Å². The number of likely N-dealkylation sites (tertiary alicyclic amines) is 1. The van der Waals surface area contributed by atoms with Gasteiger partial charge in [-0.25, -0.2) is 0 Å². The number of thioether (sulfide) groups is 1. The largest absolute Gasteiger partial charge is 0.465 e. The van der Waals surface area contributed by atoms with Crippen LogP contribution in [0.4, 0.5) is 5.69 Å². The monoisotopic (exact) mass is 526 g/mol. The first-order chi connectivity index (χ1) is 17.6. The lowest BCUT2D eigenvalue weighted by Gasteiger charge is -2.37. The molecule has 1 aromatic rings. The van der Waals surface area contributed by atoms with E-state index in [-0.39, 0.29) is 37.5 Å². The van der Waals surface area contributed by atoms with Gasteiger partial charge in [0, 0.05) is 30.1 Å². The number of amides is 2. The predicted octanol–water partition coefficient (Wildman–Crippen LogP) is 3.81. The van der Waals surface area contributed by atoms with Crippen LogP contribution in [-0.2, 0) is 19.1 Å². The van der Waals surface area contributed by atoms with Gasteiger partial charge in [-0.2, -0.15) is 0 Å². The van der Waals surface area contributed by atoms with Gasteiger partial charge >= 0.3 is 5.97 Å². The quantitative estimate of drug-likeness (QED) is 0.268. The van der Waals surface area contributed by atoms with Crippen LogP contribution in [0.25, 0.3) is 0 Å². The Morgan fingerprint density at radius 2 is 2.03 bits per heavy atom. The summed E-state index contributed by atoms with van der Waals surface area (Å²) in [6, 6.07) is 5.24. The molecule has 37 heavy (non-hydrogen) atoms. The Kier molecular flexibility index (Phi) is 7.91. The summed E-state index contributed by atoms with van der Waals surface area (Å²) in [5.74, 6) is -1.98. The van der Waals surface area contributed by atoms with Crippen LogP contribution in [-0.4, -0.2) is 69.6 Å². The molecule has 7 nitrogen and oxygen atoms in total. The highest BCUT2D eigenvalue weighted by Gasteiger charge is 2.77. The Morgan fingerprint density at radius 3 is 2.70 bits per heavy atom. The van der Waals surface area contributed by atoms with E-state index in [2.05, 4.69) is 13.2 Å². The van der Waals surface area contributed by atoms with Gasteiger partial charge in [0.2, 0.25) is 5.91 Å². The lowest BCUT2D eigenvalue weighted by molar-refractivity contribution is -0.155. The third-order valence-electron chi connectivity index (χ3n) is 8.12. The summed E-state index contributed by atoms with van der Waals surface area (Å²) >= 11 is 1.62. The van der Waals surface area contributed by atoms with Crippen LogP contribution in [0.3, 0.4) is 0 Å². The molecule has 2 bridgehead atoms. The van der Waals surface area contributed by atoms with Gasteiger partial charge in [0.1, 0.15) is 6.04 Å². The molecule has 1 spiro atoms. The van der Waals surface area contributed by atoms with Gasteiger partial charge in [0.15, 0.2) is 0 Å². The van der Waals surface area contributed by atoms with Crippen LogP contribution in [0.15, 0.2) is 43.5 Å². The maximum atomic E-state index is 14.5. The fraction of sp³-hybridized carbons (Fsp3) is 0.552. The van der Waals surface area contributed by atoms with E-state index < -0.39 is 27.4 Å². The molecular weight excluding hydrogens is 488 g/mol. The molecule has 3 aliphatic heterocycles. The van der Waals surface area contributed by atoms with Crippen molar-refractivity contribution in [3.63, 3.8) is 0 Å². The molecular formula is C29H38N2O5S. The lowest BCUT2D eigenvalue weighted by atomic mass is 9.66. The van der Waals surface area contributed by atoms with Crippen molar-refractivity contribution in [1.29, 1.82) is 0 Å². The zero-order valence-corrected chi connectivity index (χ0v) is 22.9. The molecule has 0 radical (unpaired) electrons. The Morgan fingerprint density at radius 1 is 1.27 bits per heavy atom. The smallest absolute Gasteiger partial charge is 0.311 e. The molecule has 1 N–H and O–H groups in total. The highest BCUT2D eigenvalue weighted by Crippen LogP contribution is 2.71. The number of hydrogen-bond acceptors (Lipinski definition) is 6. The van der Waals surface area contributed by atoms with Gasteiger partial charge in [0.05, 0.1) is 23.2 Å². The summed E-state index contributed by atoms with van der Waals surface area (Å²) in [5, 5.41) is 9.58. The molecule has 0 saturated carbocycles. The second-order valence-electron chi connectivity index (χ2n) is 10.6. The molecule has 2 unspecified atom stereocenters. The fourth-order valence-corrected chi connectivity index (χ4v) is 8.81. The van der Waals surface area contributed by atoms with Gasteiger partial charge in [-0.15, -0.1) is 24.9 Å². The molecule has 200 valence electrons. The Bertz CT molecular complexity index is 1110. The first-order valence-electron chi connectivity index (χ1n) is 13.0. The second-order valence-corrected chi connectivity index (χ2v) is 12.5. The molecule has 1 aromatic carbocycles. The average molecular weight is 527 g/mol. The number of aliphatic hydroxyl groups is 1. The Hall–Kier alpha value is -2.58. The minimum Gasteiger partial charge on any atom is -0.465 e. The molecule has 3 saturated heterocycles. The molecule has 5 atom stereocenters. The molecule has 0 aliphatic carbocycles. The average Bonchev–Trinajstić information content (AvgIpc) is 3.43. The van der Waals surface area contributed by atoms with Gasteiger partial charge in [-0.05, 0) is 63.6 Å². The van der Waals surface area contributed by atoms with E-state index in [0.29, 0.717) is 25.8 Å². The normalized spacial score (nSPS) is 29.8. The van der Waals surface area contributed by atoms with Crippen molar-refractivity contribution in [3.05, 3.63) is 54.6 Å². The fourth-order valence-electron chi connectivity index (χ4n) is 6.47. The minimum atomic E-state index is -0.741. The zero-order valence-electron chi connectivity index (χ0n) is 22.1. The summed E-state index contributed by atoms with van der Waals surface area (Å²) in [7, 11) is 0. The van der Waals surface area contributed by atoms with Crippen LogP contribution in [0.5, 0.6) is 0 Å². The van der Waals surface area contributed by atoms with Crippen molar-refractivity contribution in [3.8, 4) is 0 Å².